The minimum Gasteiger partial charge on any atom is -0.466 e. The van der Waals surface area contributed by atoms with Crippen LogP contribution in [0.3, 0.4) is 0 Å². The molecule has 1 amide bonds. The lowest BCUT2D eigenvalue weighted by molar-refractivity contribution is -0.149. The van der Waals surface area contributed by atoms with Crippen molar-refractivity contribution in [3.63, 3.8) is 0 Å². The molecular formula is C19H24N2O4. The molecule has 1 aliphatic heterocycles. The minimum atomic E-state index is -0.135. The van der Waals surface area contributed by atoms with Gasteiger partial charge in [0.15, 0.2) is 5.58 Å². The van der Waals surface area contributed by atoms with E-state index in [1.54, 1.807) is 6.26 Å². The van der Waals surface area contributed by atoms with Crippen LogP contribution in [0.15, 0.2) is 22.8 Å². The van der Waals surface area contributed by atoms with Crippen molar-refractivity contribution in [2.24, 2.45) is 11.8 Å². The zero-order chi connectivity index (χ0) is 17.4. The molecule has 1 saturated heterocycles. The normalized spacial score (nSPS) is 18.7. The van der Waals surface area contributed by atoms with Gasteiger partial charge < -0.3 is 18.6 Å². The molecule has 1 aliphatic carbocycles. The summed E-state index contributed by atoms with van der Waals surface area (Å²) in [4.78, 5) is 26.8. The van der Waals surface area contributed by atoms with Crippen LogP contribution in [0.2, 0.25) is 0 Å². The van der Waals surface area contributed by atoms with Gasteiger partial charge in [0.1, 0.15) is 5.69 Å². The molecule has 0 radical (unpaired) electrons. The van der Waals surface area contributed by atoms with E-state index in [9.17, 15) is 9.59 Å². The highest BCUT2D eigenvalue weighted by Crippen LogP contribution is 2.34. The highest BCUT2D eigenvalue weighted by Gasteiger charge is 2.31. The summed E-state index contributed by atoms with van der Waals surface area (Å²) in [7, 11) is 0. The number of hydrogen-bond acceptors (Lipinski definition) is 4. The topological polar surface area (TPSA) is 64.7 Å². The van der Waals surface area contributed by atoms with E-state index in [0.717, 1.165) is 17.6 Å². The van der Waals surface area contributed by atoms with Gasteiger partial charge >= 0.3 is 5.97 Å². The van der Waals surface area contributed by atoms with E-state index in [-0.39, 0.29) is 17.8 Å². The van der Waals surface area contributed by atoms with E-state index in [2.05, 4.69) is 4.57 Å². The van der Waals surface area contributed by atoms with E-state index in [1.807, 2.05) is 24.0 Å². The van der Waals surface area contributed by atoms with Gasteiger partial charge in [-0.15, -0.1) is 0 Å². The molecule has 2 aliphatic rings. The van der Waals surface area contributed by atoms with Crippen LogP contribution >= 0.6 is 0 Å². The number of rotatable bonds is 5. The van der Waals surface area contributed by atoms with E-state index >= 15 is 0 Å². The fourth-order valence-corrected chi connectivity index (χ4v) is 3.65. The number of nitrogens with zero attached hydrogens (tertiary/aromatic N) is 2. The summed E-state index contributed by atoms with van der Waals surface area (Å²) < 4.78 is 12.7. The summed E-state index contributed by atoms with van der Waals surface area (Å²) in [5.74, 6) is 0.490. The van der Waals surface area contributed by atoms with Gasteiger partial charge in [0.2, 0.25) is 0 Å². The molecule has 0 unspecified atom stereocenters. The SMILES string of the molecule is CCOC(=O)C1CCN(C(=O)c2cc3occc3n2CC2CC2)CC1. The average molecular weight is 344 g/mol. The number of carbonyl (C=O) groups is 2. The zero-order valence-corrected chi connectivity index (χ0v) is 14.6. The molecule has 0 N–H and O–H groups in total. The van der Waals surface area contributed by atoms with Crippen molar-refractivity contribution >= 4 is 23.0 Å². The number of esters is 1. The van der Waals surface area contributed by atoms with Crippen LogP contribution in [-0.4, -0.2) is 41.0 Å². The Morgan fingerprint density at radius 3 is 2.68 bits per heavy atom. The van der Waals surface area contributed by atoms with E-state index < -0.39 is 0 Å². The molecule has 1 saturated carbocycles. The number of piperidine rings is 1. The summed E-state index contributed by atoms with van der Waals surface area (Å²) in [5.41, 5.74) is 2.47. The molecule has 2 aromatic rings. The largest absolute Gasteiger partial charge is 0.466 e. The summed E-state index contributed by atoms with van der Waals surface area (Å²) in [6.07, 6.45) is 5.48. The van der Waals surface area contributed by atoms with Gasteiger partial charge in [-0.05, 0) is 38.5 Å². The van der Waals surface area contributed by atoms with Crippen molar-refractivity contribution < 1.29 is 18.7 Å². The monoisotopic (exact) mass is 344 g/mol. The van der Waals surface area contributed by atoms with Crippen molar-refractivity contribution in [3.05, 3.63) is 24.1 Å². The first-order chi connectivity index (χ1) is 12.2. The van der Waals surface area contributed by atoms with Gasteiger partial charge in [-0.2, -0.15) is 0 Å². The molecule has 134 valence electrons. The van der Waals surface area contributed by atoms with Crippen LogP contribution in [0.1, 0.15) is 43.1 Å². The molecule has 2 aromatic heterocycles. The third-order valence-electron chi connectivity index (χ3n) is 5.28. The molecule has 4 rings (SSSR count). The van der Waals surface area contributed by atoms with Crippen LogP contribution < -0.4 is 0 Å². The van der Waals surface area contributed by atoms with Crippen molar-refractivity contribution in [3.8, 4) is 0 Å². The first-order valence-corrected chi connectivity index (χ1v) is 9.20. The van der Waals surface area contributed by atoms with E-state index in [0.29, 0.717) is 44.1 Å². The van der Waals surface area contributed by atoms with Crippen molar-refractivity contribution in [2.45, 2.75) is 39.2 Å². The third kappa shape index (κ3) is 3.17. The highest BCUT2D eigenvalue weighted by molar-refractivity contribution is 5.97. The second kappa shape index (κ2) is 6.58. The molecule has 3 heterocycles. The minimum absolute atomic E-state index is 0.0364. The Balaban J connectivity index is 1.49. The van der Waals surface area contributed by atoms with Crippen molar-refractivity contribution in [1.29, 1.82) is 0 Å². The average Bonchev–Trinajstić information content (AvgIpc) is 3.21. The predicted molar refractivity (Wildman–Crippen MR) is 92.2 cm³/mol. The van der Waals surface area contributed by atoms with Crippen LogP contribution in [-0.2, 0) is 16.1 Å². The van der Waals surface area contributed by atoms with Gasteiger partial charge in [0.25, 0.3) is 5.91 Å². The number of carbonyl (C=O) groups excluding carboxylic acids is 2. The Hall–Kier alpha value is -2.24. The first kappa shape index (κ1) is 16.2. The predicted octanol–water partition coefficient (Wildman–Crippen LogP) is 3.06. The van der Waals surface area contributed by atoms with E-state index in [1.165, 1.54) is 12.8 Å². The molecule has 2 fully saturated rings. The molecule has 6 nitrogen and oxygen atoms in total. The van der Waals surface area contributed by atoms with Crippen LogP contribution in [0.25, 0.3) is 11.1 Å². The summed E-state index contributed by atoms with van der Waals surface area (Å²) in [6.45, 7) is 4.30. The Kier molecular flexibility index (Phi) is 4.27. The molecule has 0 bridgehead atoms. The van der Waals surface area contributed by atoms with Gasteiger partial charge in [-0.25, -0.2) is 0 Å². The van der Waals surface area contributed by atoms with Gasteiger partial charge in [0.05, 0.1) is 24.3 Å². The van der Waals surface area contributed by atoms with Gasteiger partial charge in [-0.3, -0.25) is 9.59 Å². The number of aromatic nitrogens is 1. The van der Waals surface area contributed by atoms with Crippen LogP contribution in [0.4, 0.5) is 0 Å². The quantitative estimate of drug-likeness (QED) is 0.782. The summed E-state index contributed by atoms with van der Waals surface area (Å²) >= 11 is 0. The van der Waals surface area contributed by atoms with Crippen LogP contribution in [0, 0.1) is 11.8 Å². The number of fused-ring (bicyclic) bond motifs is 1. The number of hydrogen-bond donors (Lipinski definition) is 0. The number of furan rings is 1. The summed E-state index contributed by atoms with van der Waals surface area (Å²) in [5, 5.41) is 0. The highest BCUT2D eigenvalue weighted by atomic mass is 16.5. The molecule has 25 heavy (non-hydrogen) atoms. The molecular weight excluding hydrogens is 320 g/mol. The molecule has 0 spiro atoms. The lowest BCUT2D eigenvalue weighted by Crippen LogP contribution is -2.41. The lowest BCUT2D eigenvalue weighted by Gasteiger charge is -2.31. The molecule has 0 aromatic carbocycles. The second-order valence-electron chi connectivity index (χ2n) is 7.07. The smallest absolute Gasteiger partial charge is 0.309 e. The van der Waals surface area contributed by atoms with E-state index in [4.69, 9.17) is 9.15 Å². The standard InChI is InChI=1S/C19H24N2O4/c1-2-24-19(23)14-5-8-20(9-6-14)18(22)16-11-17-15(7-10-25-17)21(16)12-13-3-4-13/h7,10-11,13-14H,2-6,8-9,12H2,1H3. The number of likely N-dealkylation sites (tertiary alicyclic amines) is 1. The fourth-order valence-electron chi connectivity index (χ4n) is 3.65. The fraction of sp³-hybridized carbons (Fsp3) is 0.579. The maximum absolute atomic E-state index is 13.0. The lowest BCUT2D eigenvalue weighted by atomic mass is 9.97. The Morgan fingerprint density at radius 1 is 1.24 bits per heavy atom. The molecule has 0 atom stereocenters. The second-order valence-corrected chi connectivity index (χ2v) is 7.07. The number of ether oxygens (including phenoxy) is 1. The first-order valence-electron chi connectivity index (χ1n) is 9.20. The molecule has 6 heteroatoms. The number of amides is 1. The van der Waals surface area contributed by atoms with Gasteiger partial charge in [0, 0.05) is 31.8 Å². The van der Waals surface area contributed by atoms with Gasteiger partial charge in [-0.1, -0.05) is 0 Å². The van der Waals surface area contributed by atoms with Crippen LogP contribution in [0.5, 0.6) is 0 Å². The maximum Gasteiger partial charge on any atom is 0.309 e. The Labute approximate surface area is 146 Å². The third-order valence-corrected chi connectivity index (χ3v) is 5.28. The zero-order valence-electron chi connectivity index (χ0n) is 14.6. The Morgan fingerprint density at radius 2 is 2.00 bits per heavy atom. The van der Waals surface area contributed by atoms with Crippen molar-refractivity contribution in [1.82, 2.24) is 9.47 Å². The maximum atomic E-state index is 13.0. The Bertz CT molecular complexity index is 779. The van der Waals surface area contributed by atoms with Crippen molar-refractivity contribution in [2.75, 3.05) is 19.7 Å². The summed E-state index contributed by atoms with van der Waals surface area (Å²) in [6, 6.07) is 3.79.